The quantitative estimate of drug-likeness (QED) is 0.0904. The average Bonchev–Trinajstić information content (AvgIpc) is 2.87. The minimum absolute atomic E-state index is 0.00509. The van der Waals surface area contributed by atoms with Crippen LogP contribution < -0.4 is 11.1 Å². The molecule has 0 bridgehead atoms. The van der Waals surface area contributed by atoms with E-state index in [-0.39, 0.29) is 33.5 Å². The molecule has 4 aromatic rings. The molecule has 0 saturated heterocycles. The average molecular weight is 585 g/mol. The number of aromatic hydroxyl groups is 1. The summed E-state index contributed by atoms with van der Waals surface area (Å²) in [4.78, 5) is -1.16. The maximum atomic E-state index is 12.1. The number of nitrogens with one attached hydrogen (secondary N) is 1. The summed E-state index contributed by atoms with van der Waals surface area (Å²) in [6.45, 7) is 4.58. The molecule has 0 aliphatic heterocycles. The molecule has 0 heterocycles. The van der Waals surface area contributed by atoms with E-state index >= 15 is 0 Å². The Kier molecular flexibility index (Phi) is 7.84. The van der Waals surface area contributed by atoms with Crippen molar-refractivity contribution in [2.45, 2.75) is 23.6 Å². The topological polar surface area (TPSA) is 216 Å². The number of nitrogens with two attached hydrogens (primary N) is 1. The lowest BCUT2D eigenvalue weighted by molar-refractivity contribution is 0.471. The number of aryl methyl sites for hydroxylation is 1. The number of phenols is 1. The molecule has 0 saturated carbocycles. The first kappa shape index (κ1) is 28.6. The minimum Gasteiger partial charge on any atom is -0.507 e. The third-order valence-corrected chi connectivity index (χ3v) is 7.42. The lowest BCUT2D eigenvalue weighted by atomic mass is 10.1. The molecule has 0 aromatic heterocycles. The van der Waals surface area contributed by atoms with Gasteiger partial charge >= 0.3 is 0 Å². The van der Waals surface area contributed by atoms with E-state index in [1.165, 1.54) is 24.3 Å². The lowest BCUT2D eigenvalue weighted by Crippen LogP contribution is -1.98. The van der Waals surface area contributed by atoms with Crippen LogP contribution >= 0.6 is 0 Å². The minimum atomic E-state index is -4.78. The SMILES string of the molecule is CCNc1ccc(/N=N/c2ccc(/N=N/c3c(N)ccc4cc(S(=O)(=O)O)cc(O)c34)c(S(=O)(=O)O)c2)c(C)c1. The second kappa shape index (κ2) is 11.0. The molecule has 6 N–H and O–H groups in total. The van der Waals surface area contributed by atoms with Gasteiger partial charge in [0.1, 0.15) is 22.0 Å². The van der Waals surface area contributed by atoms with Gasteiger partial charge in [-0.1, -0.05) is 6.07 Å². The van der Waals surface area contributed by atoms with Crippen LogP contribution in [0.5, 0.6) is 5.75 Å². The third kappa shape index (κ3) is 6.23. The summed E-state index contributed by atoms with van der Waals surface area (Å²) in [5.74, 6) is -0.564. The Morgan fingerprint density at radius 2 is 1.52 bits per heavy atom. The molecule has 0 aliphatic carbocycles. The van der Waals surface area contributed by atoms with Gasteiger partial charge in [0.2, 0.25) is 0 Å². The van der Waals surface area contributed by atoms with E-state index in [4.69, 9.17) is 5.73 Å². The van der Waals surface area contributed by atoms with Crippen molar-refractivity contribution >= 4 is 65.1 Å². The number of rotatable bonds is 8. The second-order valence-corrected chi connectivity index (χ2v) is 11.4. The molecular formula is C25H24N6O7S2. The molecule has 0 unspecified atom stereocenters. The van der Waals surface area contributed by atoms with Crippen molar-refractivity contribution in [3.63, 3.8) is 0 Å². The van der Waals surface area contributed by atoms with E-state index in [0.29, 0.717) is 5.69 Å². The number of anilines is 2. The smallest absolute Gasteiger partial charge is 0.296 e. The van der Waals surface area contributed by atoms with Crippen LogP contribution in [0.15, 0.2) is 90.9 Å². The zero-order valence-electron chi connectivity index (χ0n) is 21.1. The van der Waals surface area contributed by atoms with Crippen LogP contribution in [0, 0.1) is 6.92 Å². The van der Waals surface area contributed by atoms with Gasteiger partial charge < -0.3 is 16.2 Å². The fourth-order valence-electron chi connectivity index (χ4n) is 3.82. The lowest BCUT2D eigenvalue weighted by Gasteiger charge is -2.09. The Balaban J connectivity index is 1.74. The molecule has 40 heavy (non-hydrogen) atoms. The van der Waals surface area contributed by atoms with E-state index in [1.54, 1.807) is 6.07 Å². The van der Waals surface area contributed by atoms with Crippen LogP contribution in [-0.2, 0) is 20.2 Å². The second-order valence-electron chi connectivity index (χ2n) is 8.58. The molecule has 15 heteroatoms. The highest BCUT2D eigenvalue weighted by Gasteiger charge is 2.19. The van der Waals surface area contributed by atoms with Crippen LogP contribution in [0.4, 0.5) is 34.1 Å². The van der Waals surface area contributed by atoms with E-state index in [9.17, 15) is 31.0 Å². The van der Waals surface area contributed by atoms with Crippen molar-refractivity contribution in [2.24, 2.45) is 20.5 Å². The summed E-state index contributed by atoms with van der Waals surface area (Å²) in [6.07, 6.45) is 0. The first-order valence-electron chi connectivity index (χ1n) is 11.6. The van der Waals surface area contributed by atoms with Gasteiger partial charge in [0.15, 0.2) is 0 Å². The van der Waals surface area contributed by atoms with Crippen LogP contribution in [0.1, 0.15) is 12.5 Å². The third-order valence-electron chi connectivity index (χ3n) is 5.70. The number of fused-ring (bicyclic) bond motifs is 1. The zero-order valence-corrected chi connectivity index (χ0v) is 22.8. The molecule has 0 amide bonds. The number of hydrogen-bond acceptors (Lipinski definition) is 11. The molecule has 4 rings (SSSR count). The Labute approximate surface area is 229 Å². The van der Waals surface area contributed by atoms with Crippen molar-refractivity contribution in [1.82, 2.24) is 0 Å². The zero-order chi connectivity index (χ0) is 29.2. The number of phenolic OH excluding ortho intramolecular Hbond substituents is 1. The molecule has 0 spiro atoms. The number of nitrogens with zero attached hydrogens (tertiary/aromatic N) is 4. The number of benzene rings is 4. The number of nitrogen functional groups attached to an aromatic ring is 1. The highest BCUT2D eigenvalue weighted by molar-refractivity contribution is 7.86. The molecule has 0 fully saturated rings. The van der Waals surface area contributed by atoms with E-state index in [1.807, 2.05) is 26.0 Å². The maximum absolute atomic E-state index is 12.1. The molecule has 0 aliphatic rings. The van der Waals surface area contributed by atoms with Gasteiger partial charge in [-0.25, -0.2) is 0 Å². The van der Waals surface area contributed by atoms with Crippen molar-refractivity contribution in [1.29, 1.82) is 0 Å². The highest BCUT2D eigenvalue weighted by Crippen LogP contribution is 2.41. The van der Waals surface area contributed by atoms with Gasteiger partial charge in [-0.3, -0.25) is 9.11 Å². The van der Waals surface area contributed by atoms with Crippen molar-refractivity contribution in [3.8, 4) is 5.75 Å². The Bertz CT molecular complexity index is 1910. The number of hydrogen-bond donors (Lipinski definition) is 5. The van der Waals surface area contributed by atoms with Gasteiger partial charge in [0.25, 0.3) is 20.2 Å². The van der Waals surface area contributed by atoms with Crippen molar-refractivity contribution < 1.29 is 31.0 Å². The highest BCUT2D eigenvalue weighted by atomic mass is 32.2. The maximum Gasteiger partial charge on any atom is 0.296 e. The van der Waals surface area contributed by atoms with Crippen LogP contribution in [0.3, 0.4) is 0 Å². The summed E-state index contributed by atoms with van der Waals surface area (Å²) in [5, 5.41) is 29.9. The number of azo groups is 2. The van der Waals surface area contributed by atoms with E-state index < -0.39 is 35.8 Å². The van der Waals surface area contributed by atoms with Crippen LogP contribution in [-0.4, -0.2) is 37.6 Å². The van der Waals surface area contributed by atoms with Gasteiger partial charge in [-0.05, 0) is 73.3 Å². The summed E-state index contributed by atoms with van der Waals surface area (Å²) < 4.78 is 66.4. The predicted octanol–water partition coefficient (Wildman–Crippen LogP) is 6.19. The molecule has 4 aromatic carbocycles. The molecule has 0 atom stereocenters. The monoisotopic (exact) mass is 584 g/mol. The fraction of sp³-hybridized carbons (Fsp3) is 0.120. The first-order valence-corrected chi connectivity index (χ1v) is 14.5. The van der Waals surface area contributed by atoms with E-state index in [0.717, 1.165) is 36.0 Å². The standard InChI is InChI=1S/C25H24N6O7S2/c1-3-27-16-5-8-20(14(2)10-16)29-28-17-6-9-21(23(12-17)40(36,37)38)30-31-25-19(26)7-4-15-11-18(39(33,34)35)13-22(32)24(15)25/h4-13,27,32H,3,26H2,1-2H3,(H,33,34,35)(H,36,37,38)/b29-28+,31-30+. The molecule has 13 nitrogen and oxygen atoms in total. The Morgan fingerprint density at radius 3 is 2.17 bits per heavy atom. The van der Waals surface area contributed by atoms with Gasteiger partial charge in [-0.15, -0.1) is 10.2 Å². The normalized spacial score (nSPS) is 12.5. The molecular weight excluding hydrogens is 560 g/mol. The first-order chi connectivity index (χ1) is 18.8. The van der Waals surface area contributed by atoms with Gasteiger partial charge in [-0.2, -0.15) is 27.1 Å². The predicted molar refractivity (Wildman–Crippen MR) is 150 cm³/mol. The van der Waals surface area contributed by atoms with E-state index in [2.05, 4.69) is 25.8 Å². The molecule has 208 valence electrons. The van der Waals surface area contributed by atoms with Crippen LogP contribution in [0.2, 0.25) is 0 Å². The largest absolute Gasteiger partial charge is 0.507 e. The van der Waals surface area contributed by atoms with Crippen LogP contribution in [0.25, 0.3) is 10.8 Å². The van der Waals surface area contributed by atoms with Gasteiger partial charge in [0, 0.05) is 18.3 Å². The Morgan fingerprint density at radius 1 is 0.825 bits per heavy atom. The Hall–Kier alpha value is -4.44. The molecule has 0 radical (unpaired) electrons. The summed E-state index contributed by atoms with van der Waals surface area (Å²) in [7, 11) is -9.39. The summed E-state index contributed by atoms with van der Waals surface area (Å²) >= 11 is 0. The van der Waals surface area contributed by atoms with Crippen molar-refractivity contribution in [3.05, 3.63) is 66.2 Å². The summed E-state index contributed by atoms with van der Waals surface area (Å²) in [5.41, 5.74) is 8.08. The van der Waals surface area contributed by atoms with Crippen molar-refractivity contribution in [2.75, 3.05) is 17.6 Å². The van der Waals surface area contributed by atoms with Gasteiger partial charge in [0.05, 0.1) is 27.3 Å². The fourth-order valence-corrected chi connectivity index (χ4v) is 5.00. The summed E-state index contributed by atoms with van der Waals surface area (Å²) in [6, 6.07) is 13.9.